The number of benzene rings is 1. The van der Waals surface area contributed by atoms with Gasteiger partial charge in [-0.15, -0.1) is 0 Å². The third-order valence-electron chi connectivity index (χ3n) is 5.61. The zero-order valence-electron chi connectivity index (χ0n) is 16.0. The molecule has 2 aliphatic rings. The Hall–Kier alpha value is -1.50. The summed E-state index contributed by atoms with van der Waals surface area (Å²) in [6.45, 7) is 8.06. The fraction of sp³-hybridized carbons (Fsp3) is 0.650. The number of carboxylic acid groups (broad SMARTS) is 1. The van der Waals surface area contributed by atoms with Crippen LogP contribution < -0.4 is 9.47 Å². The predicted octanol–water partition coefficient (Wildman–Crippen LogP) is 3.45. The van der Waals surface area contributed by atoms with Crippen LogP contribution in [0.5, 0.6) is 11.5 Å². The first-order valence-electron chi connectivity index (χ1n) is 9.60. The number of ether oxygens (including phenoxy) is 3. The summed E-state index contributed by atoms with van der Waals surface area (Å²) in [6, 6.07) is 3.71. The average molecular weight is 398 g/mol. The van der Waals surface area contributed by atoms with Crippen molar-refractivity contribution in [3.63, 3.8) is 0 Å². The van der Waals surface area contributed by atoms with E-state index in [9.17, 15) is 9.90 Å². The second-order valence-electron chi connectivity index (χ2n) is 7.29. The van der Waals surface area contributed by atoms with Crippen molar-refractivity contribution in [2.45, 2.75) is 33.2 Å². The number of hydrogen-bond acceptors (Lipinski definition) is 5. The number of hydrogen-bond donors (Lipinski definition) is 1. The minimum absolute atomic E-state index is 0.204. The standard InChI is InChI=1S/C20H28ClNO5/c1-3-26-17-9-14(16(21)10-18(17)27-4-2)11-22-12-15(19(23)24)20(13-22)5-7-25-8-6-20/h9-10,15H,3-8,11-13H2,1-2H3,(H,23,24). The van der Waals surface area contributed by atoms with E-state index in [1.165, 1.54) is 0 Å². The lowest BCUT2D eigenvalue weighted by molar-refractivity contribution is -0.147. The van der Waals surface area contributed by atoms with E-state index >= 15 is 0 Å². The molecule has 1 N–H and O–H groups in total. The largest absolute Gasteiger partial charge is 0.490 e. The van der Waals surface area contributed by atoms with Gasteiger partial charge in [-0.1, -0.05) is 11.6 Å². The van der Waals surface area contributed by atoms with E-state index < -0.39 is 5.97 Å². The topological polar surface area (TPSA) is 68.2 Å². The SMILES string of the molecule is CCOc1cc(Cl)c(CN2CC(C(=O)O)C3(CCOCC3)C2)cc1OCC. The van der Waals surface area contributed by atoms with Gasteiger partial charge >= 0.3 is 5.97 Å². The van der Waals surface area contributed by atoms with E-state index in [2.05, 4.69) is 4.90 Å². The van der Waals surface area contributed by atoms with Gasteiger partial charge in [-0.25, -0.2) is 0 Å². The number of aliphatic carboxylic acids is 1. The zero-order valence-corrected chi connectivity index (χ0v) is 16.8. The summed E-state index contributed by atoms with van der Waals surface area (Å²) in [5.74, 6) is 0.230. The van der Waals surface area contributed by atoms with Crippen molar-refractivity contribution >= 4 is 17.6 Å². The Morgan fingerprint density at radius 2 is 1.89 bits per heavy atom. The van der Waals surface area contributed by atoms with Crippen molar-refractivity contribution < 1.29 is 24.1 Å². The maximum atomic E-state index is 11.9. The van der Waals surface area contributed by atoms with Crippen LogP contribution in [0.25, 0.3) is 0 Å². The lowest BCUT2D eigenvalue weighted by Crippen LogP contribution is -2.40. The van der Waals surface area contributed by atoms with Crippen LogP contribution in [-0.2, 0) is 16.1 Å². The Kier molecular flexibility index (Phi) is 6.50. The molecule has 2 saturated heterocycles. The predicted molar refractivity (Wildman–Crippen MR) is 103 cm³/mol. The van der Waals surface area contributed by atoms with Gasteiger partial charge in [0, 0.05) is 49.4 Å². The monoisotopic (exact) mass is 397 g/mol. The third-order valence-corrected chi connectivity index (χ3v) is 5.96. The van der Waals surface area contributed by atoms with E-state index in [0.717, 1.165) is 24.9 Å². The van der Waals surface area contributed by atoms with Gasteiger partial charge in [-0.3, -0.25) is 9.69 Å². The highest BCUT2D eigenvalue weighted by Crippen LogP contribution is 2.45. The summed E-state index contributed by atoms with van der Waals surface area (Å²) in [6.07, 6.45) is 1.59. The molecule has 7 heteroatoms. The molecule has 2 aliphatic heterocycles. The van der Waals surface area contributed by atoms with Crippen LogP contribution in [0.4, 0.5) is 0 Å². The molecule has 2 fully saturated rings. The molecule has 0 amide bonds. The normalized spacial score (nSPS) is 22.1. The van der Waals surface area contributed by atoms with Crippen molar-refractivity contribution in [2.75, 3.05) is 39.5 Å². The maximum Gasteiger partial charge on any atom is 0.308 e. The van der Waals surface area contributed by atoms with Crippen molar-refractivity contribution in [3.8, 4) is 11.5 Å². The first kappa shape index (κ1) is 20.2. The van der Waals surface area contributed by atoms with Gasteiger partial charge in [0.15, 0.2) is 11.5 Å². The molecule has 0 bridgehead atoms. The van der Waals surface area contributed by atoms with Gasteiger partial charge in [0.2, 0.25) is 0 Å². The molecular weight excluding hydrogens is 370 g/mol. The van der Waals surface area contributed by atoms with Crippen molar-refractivity contribution in [2.24, 2.45) is 11.3 Å². The number of carbonyl (C=O) groups is 1. The quantitative estimate of drug-likeness (QED) is 0.760. The van der Waals surface area contributed by atoms with Gasteiger partial charge in [0.1, 0.15) is 0 Å². The second kappa shape index (κ2) is 8.67. The first-order chi connectivity index (χ1) is 13.0. The van der Waals surface area contributed by atoms with Crippen molar-refractivity contribution in [1.29, 1.82) is 0 Å². The molecule has 1 atom stereocenters. The Labute approximate surface area is 165 Å². The lowest BCUT2D eigenvalue weighted by atomic mass is 9.72. The van der Waals surface area contributed by atoms with Crippen LogP contribution in [0.1, 0.15) is 32.3 Å². The Balaban J connectivity index is 1.80. The fourth-order valence-corrected chi connectivity index (χ4v) is 4.51. The summed E-state index contributed by atoms with van der Waals surface area (Å²) in [5, 5.41) is 10.4. The molecule has 0 saturated carbocycles. The lowest BCUT2D eigenvalue weighted by Gasteiger charge is -2.36. The Morgan fingerprint density at radius 3 is 2.48 bits per heavy atom. The highest BCUT2D eigenvalue weighted by atomic mass is 35.5. The molecular formula is C20H28ClNO5. The van der Waals surface area contributed by atoms with E-state index in [4.69, 9.17) is 25.8 Å². The van der Waals surface area contributed by atoms with Crippen LogP contribution in [0.15, 0.2) is 12.1 Å². The smallest absolute Gasteiger partial charge is 0.308 e. The summed E-state index contributed by atoms with van der Waals surface area (Å²) >= 11 is 6.49. The third kappa shape index (κ3) is 4.33. The Morgan fingerprint density at radius 1 is 1.26 bits per heavy atom. The summed E-state index contributed by atoms with van der Waals surface area (Å²) < 4.78 is 16.8. The minimum atomic E-state index is -0.716. The number of halogens is 1. The molecule has 1 spiro atoms. The van der Waals surface area contributed by atoms with Gasteiger partial charge in [0.05, 0.1) is 19.1 Å². The molecule has 2 heterocycles. The molecule has 3 rings (SSSR count). The molecule has 150 valence electrons. The molecule has 0 aliphatic carbocycles. The molecule has 1 aromatic rings. The minimum Gasteiger partial charge on any atom is -0.490 e. The fourth-order valence-electron chi connectivity index (χ4n) is 4.29. The maximum absolute atomic E-state index is 11.9. The van der Waals surface area contributed by atoms with Crippen molar-refractivity contribution in [1.82, 2.24) is 4.90 Å². The first-order valence-corrected chi connectivity index (χ1v) is 9.98. The molecule has 1 aromatic carbocycles. The van der Waals surface area contributed by atoms with E-state index in [1.54, 1.807) is 6.07 Å². The highest BCUT2D eigenvalue weighted by molar-refractivity contribution is 6.31. The van der Waals surface area contributed by atoms with Crippen molar-refractivity contribution in [3.05, 3.63) is 22.7 Å². The highest BCUT2D eigenvalue weighted by Gasteiger charge is 2.50. The van der Waals surface area contributed by atoms with E-state index in [1.807, 2.05) is 19.9 Å². The molecule has 1 unspecified atom stereocenters. The molecule has 6 nitrogen and oxygen atoms in total. The van der Waals surface area contributed by atoms with Gasteiger partial charge in [-0.2, -0.15) is 0 Å². The zero-order chi connectivity index (χ0) is 19.4. The van der Waals surface area contributed by atoms with Crippen LogP contribution in [0.3, 0.4) is 0 Å². The molecule has 0 radical (unpaired) electrons. The number of carboxylic acids is 1. The Bertz CT molecular complexity index is 675. The van der Waals surface area contributed by atoms with Crippen LogP contribution in [0, 0.1) is 11.3 Å². The number of nitrogens with zero attached hydrogens (tertiary/aromatic N) is 1. The van der Waals surface area contributed by atoms with Crippen LogP contribution in [0.2, 0.25) is 5.02 Å². The summed E-state index contributed by atoms with van der Waals surface area (Å²) in [4.78, 5) is 14.1. The van der Waals surface area contributed by atoms with E-state index in [0.29, 0.717) is 56.0 Å². The molecule has 0 aromatic heterocycles. The second-order valence-corrected chi connectivity index (χ2v) is 7.70. The van der Waals surface area contributed by atoms with E-state index in [-0.39, 0.29) is 11.3 Å². The number of rotatable bonds is 7. The molecule has 27 heavy (non-hydrogen) atoms. The number of likely N-dealkylation sites (tertiary alicyclic amines) is 1. The van der Waals surface area contributed by atoms with Gasteiger partial charge in [0.25, 0.3) is 0 Å². The van der Waals surface area contributed by atoms with Crippen LogP contribution >= 0.6 is 11.6 Å². The van der Waals surface area contributed by atoms with Gasteiger partial charge < -0.3 is 19.3 Å². The van der Waals surface area contributed by atoms with Crippen LogP contribution in [-0.4, -0.2) is 55.5 Å². The van der Waals surface area contributed by atoms with Gasteiger partial charge in [-0.05, 0) is 38.3 Å². The average Bonchev–Trinajstić information content (AvgIpc) is 2.97. The summed E-state index contributed by atoms with van der Waals surface area (Å²) in [7, 11) is 0. The summed E-state index contributed by atoms with van der Waals surface area (Å²) in [5.41, 5.74) is 0.724.